The minimum Gasteiger partial charge on any atom is -0.365 e. The van der Waals surface area contributed by atoms with Crippen LogP contribution in [-0.2, 0) is 40.5 Å². The highest BCUT2D eigenvalue weighted by atomic mass is 32.2. The monoisotopic (exact) mass is 306 g/mol. The van der Waals surface area contributed by atoms with Crippen LogP contribution < -0.4 is 10.9 Å². The van der Waals surface area contributed by atoms with Gasteiger partial charge in [-0.3, -0.25) is 4.79 Å². The molecule has 21 heavy (non-hydrogen) atoms. The van der Waals surface area contributed by atoms with Gasteiger partial charge in [0.1, 0.15) is 4.91 Å². The number of fused-ring (bicyclic) bond motifs is 2. The molecule has 0 bridgehead atoms. The molecule has 0 saturated carbocycles. The van der Waals surface area contributed by atoms with E-state index in [1.807, 2.05) is 0 Å². The third-order valence-corrected chi connectivity index (χ3v) is 5.28. The van der Waals surface area contributed by atoms with Crippen LogP contribution in [0.3, 0.4) is 0 Å². The molecule has 1 aromatic carbocycles. The van der Waals surface area contributed by atoms with Gasteiger partial charge in [0, 0.05) is 0 Å². The van der Waals surface area contributed by atoms with Crippen LogP contribution >= 0.6 is 0 Å². The van der Waals surface area contributed by atoms with E-state index in [0.29, 0.717) is 0 Å². The number of primary amides is 1. The highest BCUT2D eigenvalue weighted by Crippen LogP contribution is 2.36. The Kier molecular flexibility index (Phi) is 3.37. The second kappa shape index (κ2) is 4.96. The summed E-state index contributed by atoms with van der Waals surface area (Å²) in [5.74, 6) is -1.00. The molecule has 5 nitrogen and oxygen atoms in total. The predicted molar refractivity (Wildman–Crippen MR) is 80.8 cm³/mol. The van der Waals surface area contributed by atoms with Gasteiger partial charge in [0.25, 0.3) is 5.91 Å². The summed E-state index contributed by atoms with van der Waals surface area (Å²) in [6, 6.07) is 2.24. The van der Waals surface area contributed by atoms with Crippen molar-refractivity contribution in [2.75, 3.05) is 0 Å². The van der Waals surface area contributed by atoms with Crippen molar-refractivity contribution < 1.29 is 13.2 Å². The number of rotatable bonds is 3. The van der Waals surface area contributed by atoms with Crippen molar-refractivity contribution in [3.05, 3.63) is 38.8 Å². The highest BCUT2D eigenvalue weighted by Gasteiger charge is 2.26. The molecule has 0 heterocycles. The molecular weight excluding hydrogens is 288 g/mol. The van der Waals surface area contributed by atoms with E-state index < -0.39 is 20.8 Å². The molecule has 1 amide bonds. The Morgan fingerprint density at radius 1 is 1.05 bits per heavy atom. The summed E-state index contributed by atoms with van der Waals surface area (Å²) >= 11 is 0. The first kappa shape index (κ1) is 14.3. The number of amides is 1. The molecular formula is C15H18N2O3S. The third kappa shape index (κ3) is 2.49. The predicted octanol–water partition coefficient (Wildman–Crippen LogP) is 0.779. The van der Waals surface area contributed by atoms with Gasteiger partial charge in [0.15, 0.2) is 0 Å². The molecule has 0 fully saturated rings. The molecule has 0 atom stereocenters. The van der Waals surface area contributed by atoms with Crippen LogP contribution in [0.2, 0.25) is 0 Å². The van der Waals surface area contributed by atoms with E-state index in [1.165, 1.54) is 17.2 Å². The topological polar surface area (TPSA) is 103 Å². The maximum Gasteiger partial charge on any atom is 0.261 e. The van der Waals surface area contributed by atoms with Gasteiger partial charge in [-0.05, 0) is 72.4 Å². The summed E-state index contributed by atoms with van der Waals surface area (Å²) in [6.45, 7) is 0. The Balaban J connectivity index is 2.26. The molecule has 4 N–H and O–H groups in total. The van der Waals surface area contributed by atoms with Gasteiger partial charge in [-0.1, -0.05) is 6.07 Å². The minimum atomic E-state index is -4.11. The number of primary sulfonamides is 1. The van der Waals surface area contributed by atoms with Gasteiger partial charge in [0.2, 0.25) is 10.0 Å². The van der Waals surface area contributed by atoms with E-state index in [4.69, 9.17) is 10.9 Å². The number of nitrogens with two attached hydrogens (primary N) is 2. The zero-order valence-corrected chi connectivity index (χ0v) is 12.5. The zero-order valence-electron chi connectivity index (χ0n) is 11.7. The van der Waals surface area contributed by atoms with E-state index in [2.05, 4.69) is 6.07 Å². The first-order valence-corrected chi connectivity index (χ1v) is 8.63. The number of hydrogen-bond donors (Lipinski definition) is 2. The number of carbonyl (C=O) groups is 1. The molecule has 3 rings (SSSR count). The average molecular weight is 306 g/mol. The Labute approximate surface area is 124 Å². The Morgan fingerprint density at radius 2 is 1.57 bits per heavy atom. The van der Waals surface area contributed by atoms with Gasteiger partial charge >= 0.3 is 0 Å². The lowest BCUT2D eigenvalue weighted by Crippen LogP contribution is -2.26. The number of carbonyl (C=O) groups excluding carboxylic acids is 1. The maximum atomic E-state index is 11.6. The molecule has 0 aliphatic heterocycles. The first-order chi connectivity index (χ1) is 9.88. The van der Waals surface area contributed by atoms with Gasteiger partial charge in [-0.15, -0.1) is 0 Å². The largest absolute Gasteiger partial charge is 0.365 e. The normalized spacial score (nSPS) is 17.7. The maximum absolute atomic E-state index is 11.6. The van der Waals surface area contributed by atoms with Crippen LogP contribution in [-0.4, -0.2) is 14.3 Å². The average Bonchev–Trinajstić information content (AvgIpc) is 2.99. The van der Waals surface area contributed by atoms with Crippen LogP contribution in [0.25, 0.3) is 6.08 Å². The quantitative estimate of drug-likeness (QED) is 0.806. The molecule has 1 aromatic rings. The van der Waals surface area contributed by atoms with Gasteiger partial charge in [0.05, 0.1) is 0 Å². The fourth-order valence-electron chi connectivity index (χ4n) is 3.46. The minimum absolute atomic E-state index is 0.503. The highest BCUT2D eigenvalue weighted by molar-refractivity contribution is 7.94. The van der Waals surface area contributed by atoms with Crippen molar-refractivity contribution in [3.8, 4) is 0 Å². The van der Waals surface area contributed by atoms with E-state index in [9.17, 15) is 13.2 Å². The molecule has 0 radical (unpaired) electrons. The van der Waals surface area contributed by atoms with Gasteiger partial charge in [-0.25, -0.2) is 13.6 Å². The number of hydrogen-bond acceptors (Lipinski definition) is 3. The smallest absolute Gasteiger partial charge is 0.261 e. The number of sulfonamides is 1. The molecule has 6 heteroatoms. The summed E-state index contributed by atoms with van der Waals surface area (Å²) < 4.78 is 23.2. The third-order valence-electron chi connectivity index (χ3n) is 4.34. The van der Waals surface area contributed by atoms with Crippen molar-refractivity contribution in [1.82, 2.24) is 0 Å². The second-order valence-electron chi connectivity index (χ2n) is 5.69. The second-order valence-corrected chi connectivity index (χ2v) is 7.22. The fourth-order valence-corrected chi connectivity index (χ4v) is 4.02. The van der Waals surface area contributed by atoms with E-state index in [-0.39, 0.29) is 0 Å². The van der Waals surface area contributed by atoms with Gasteiger partial charge < -0.3 is 5.73 Å². The van der Waals surface area contributed by atoms with Crippen LogP contribution in [0.4, 0.5) is 0 Å². The van der Waals surface area contributed by atoms with Crippen molar-refractivity contribution in [3.63, 3.8) is 0 Å². The summed E-state index contributed by atoms with van der Waals surface area (Å²) in [5.41, 5.74) is 10.9. The molecule has 112 valence electrons. The molecule has 2 aliphatic rings. The van der Waals surface area contributed by atoms with Crippen molar-refractivity contribution in [1.29, 1.82) is 0 Å². The molecule has 2 aliphatic carbocycles. The lowest BCUT2D eigenvalue weighted by atomic mass is 9.94. The van der Waals surface area contributed by atoms with Crippen LogP contribution in [0.15, 0.2) is 11.0 Å². The lowest BCUT2D eigenvalue weighted by molar-refractivity contribution is -0.113. The van der Waals surface area contributed by atoms with Gasteiger partial charge in [-0.2, -0.15) is 0 Å². The lowest BCUT2D eigenvalue weighted by Gasteiger charge is -2.13. The van der Waals surface area contributed by atoms with E-state index >= 15 is 0 Å². The summed E-state index contributed by atoms with van der Waals surface area (Å²) in [7, 11) is -4.11. The van der Waals surface area contributed by atoms with Crippen molar-refractivity contribution >= 4 is 22.0 Å². The summed E-state index contributed by atoms with van der Waals surface area (Å²) in [4.78, 5) is 10.9. The van der Waals surface area contributed by atoms with E-state index in [1.54, 1.807) is 0 Å². The first-order valence-electron chi connectivity index (χ1n) is 7.08. The summed E-state index contributed by atoms with van der Waals surface area (Å²) in [6.07, 6.45) is 7.33. The van der Waals surface area contributed by atoms with Crippen molar-refractivity contribution in [2.24, 2.45) is 10.9 Å². The van der Waals surface area contributed by atoms with Crippen LogP contribution in [0, 0.1) is 0 Å². The number of aryl methyl sites for hydroxylation is 2. The molecule has 0 spiro atoms. The molecule has 0 unspecified atom stereocenters. The van der Waals surface area contributed by atoms with Crippen LogP contribution in [0.1, 0.15) is 40.7 Å². The standard InChI is InChI=1S/C15H18N2O3S/c16-15(18)14(21(17,19)20)8-13-11-5-1-3-9(11)7-10-4-2-6-12(10)13/h7-8H,1-6H2,(H2,16,18)(H2,17,19,20). The molecule has 0 aromatic heterocycles. The Hall–Kier alpha value is -1.66. The SMILES string of the molecule is NC(=O)C(=Cc1c2c(cc3c1CCC3)CCC2)S(N)(=O)=O. The fraction of sp³-hybridized carbons (Fsp3) is 0.400. The number of benzene rings is 1. The summed E-state index contributed by atoms with van der Waals surface area (Å²) in [5, 5.41) is 5.12. The Bertz CT molecular complexity index is 731. The van der Waals surface area contributed by atoms with E-state index in [0.717, 1.165) is 55.2 Å². The van der Waals surface area contributed by atoms with Crippen molar-refractivity contribution in [2.45, 2.75) is 38.5 Å². The Morgan fingerprint density at radius 3 is 2.00 bits per heavy atom. The van der Waals surface area contributed by atoms with Crippen LogP contribution in [0.5, 0.6) is 0 Å². The zero-order chi connectivity index (χ0) is 15.2. The molecule has 0 saturated heterocycles.